The molecule has 0 bridgehead atoms. The highest BCUT2D eigenvalue weighted by atomic mass is 35.5. The zero-order valence-electron chi connectivity index (χ0n) is 10.3. The molecule has 0 aliphatic carbocycles. The molecule has 2 aromatic rings. The van der Waals surface area contributed by atoms with Crippen molar-refractivity contribution in [3.63, 3.8) is 0 Å². The molecule has 1 aliphatic heterocycles. The van der Waals surface area contributed by atoms with Crippen molar-refractivity contribution in [3.8, 4) is 0 Å². The topological polar surface area (TPSA) is 24.1 Å². The van der Waals surface area contributed by atoms with E-state index in [4.69, 9.17) is 23.2 Å². The van der Waals surface area contributed by atoms with E-state index in [2.05, 4.69) is 28.8 Å². The SMILES string of the molecule is Clc1ccc(Cl)c(NCc2cccc3c2NCC3)c1. The molecular weight excluding hydrogens is 279 g/mol. The minimum atomic E-state index is 0.684. The molecule has 0 spiro atoms. The minimum Gasteiger partial charge on any atom is -0.384 e. The normalized spacial score (nSPS) is 12.9. The van der Waals surface area contributed by atoms with E-state index in [0.717, 1.165) is 25.2 Å². The maximum absolute atomic E-state index is 6.14. The van der Waals surface area contributed by atoms with Crippen LogP contribution in [0.3, 0.4) is 0 Å². The lowest BCUT2D eigenvalue weighted by Gasteiger charge is -2.12. The molecule has 3 rings (SSSR count). The Kier molecular flexibility index (Phi) is 3.54. The molecule has 2 nitrogen and oxygen atoms in total. The van der Waals surface area contributed by atoms with Crippen LogP contribution in [-0.2, 0) is 13.0 Å². The van der Waals surface area contributed by atoms with Gasteiger partial charge in [0.15, 0.2) is 0 Å². The standard InChI is InChI=1S/C15H14Cl2N2/c16-12-4-5-13(17)14(8-12)19-9-11-3-1-2-10-6-7-18-15(10)11/h1-5,8,18-19H,6-7,9H2. The Hall–Kier alpha value is -1.38. The first-order chi connectivity index (χ1) is 9.24. The van der Waals surface area contributed by atoms with E-state index in [1.54, 1.807) is 12.1 Å². The monoisotopic (exact) mass is 292 g/mol. The van der Waals surface area contributed by atoms with Gasteiger partial charge in [0.05, 0.1) is 10.7 Å². The first kappa shape index (κ1) is 12.6. The lowest BCUT2D eigenvalue weighted by molar-refractivity contribution is 1.11. The van der Waals surface area contributed by atoms with E-state index in [1.807, 2.05) is 6.07 Å². The van der Waals surface area contributed by atoms with E-state index in [-0.39, 0.29) is 0 Å². The highest BCUT2D eigenvalue weighted by molar-refractivity contribution is 6.35. The largest absolute Gasteiger partial charge is 0.384 e. The first-order valence-corrected chi connectivity index (χ1v) is 7.03. The number of hydrogen-bond donors (Lipinski definition) is 2. The fraction of sp³-hybridized carbons (Fsp3) is 0.200. The van der Waals surface area contributed by atoms with Gasteiger partial charge < -0.3 is 10.6 Å². The summed E-state index contributed by atoms with van der Waals surface area (Å²) in [5.41, 5.74) is 4.76. The molecule has 4 heteroatoms. The summed E-state index contributed by atoms with van der Waals surface area (Å²) in [6, 6.07) is 11.8. The van der Waals surface area contributed by atoms with Crippen molar-refractivity contribution < 1.29 is 0 Å². The van der Waals surface area contributed by atoms with Crippen LogP contribution >= 0.6 is 23.2 Å². The van der Waals surface area contributed by atoms with E-state index in [0.29, 0.717) is 10.0 Å². The Labute approximate surface area is 122 Å². The third kappa shape index (κ3) is 2.65. The van der Waals surface area contributed by atoms with Crippen molar-refractivity contribution in [2.45, 2.75) is 13.0 Å². The third-order valence-electron chi connectivity index (χ3n) is 3.33. The van der Waals surface area contributed by atoms with Crippen LogP contribution in [0.1, 0.15) is 11.1 Å². The van der Waals surface area contributed by atoms with Gasteiger partial charge in [-0.1, -0.05) is 41.4 Å². The Morgan fingerprint density at radius 2 is 2.05 bits per heavy atom. The van der Waals surface area contributed by atoms with Crippen molar-refractivity contribution in [2.75, 3.05) is 17.2 Å². The van der Waals surface area contributed by atoms with Crippen LogP contribution < -0.4 is 10.6 Å². The molecular formula is C15H14Cl2N2. The van der Waals surface area contributed by atoms with Crippen molar-refractivity contribution in [2.24, 2.45) is 0 Å². The molecule has 0 radical (unpaired) electrons. The molecule has 0 fully saturated rings. The van der Waals surface area contributed by atoms with Gasteiger partial charge in [-0.3, -0.25) is 0 Å². The third-order valence-corrected chi connectivity index (χ3v) is 3.90. The summed E-state index contributed by atoms with van der Waals surface area (Å²) < 4.78 is 0. The molecule has 1 heterocycles. The smallest absolute Gasteiger partial charge is 0.0638 e. The zero-order valence-corrected chi connectivity index (χ0v) is 11.9. The van der Waals surface area contributed by atoms with Gasteiger partial charge in [0.2, 0.25) is 0 Å². The van der Waals surface area contributed by atoms with Gasteiger partial charge in [-0.25, -0.2) is 0 Å². The number of anilines is 2. The van der Waals surface area contributed by atoms with E-state index >= 15 is 0 Å². The molecule has 0 amide bonds. The first-order valence-electron chi connectivity index (χ1n) is 6.27. The predicted octanol–water partition coefficient (Wildman–Crippen LogP) is 4.57. The van der Waals surface area contributed by atoms with Crippen LogP contribution in [-0.4, -0.2) is 6.54 Å². The van der Waals surface area contributed by atoms with E-state index in [1.165, 1.54) is 16.8 Å². The molecule has 0 saturated carbocycles. The maximum Gasteiger partial charge on any atom is 0.0638 e. The molecule has 2 aromatic carbocycles. The number of rotatable bonds is 3. The average Bonchev–Trinajstić information content (AvgIpc) is 2.88. The van der Waals surface area contributed by atoms with Gasteiger partial charge in [-0.15, -0.1) is 0 Å². The lowest BCUT2D eigenvalue weighted by Crippen LogP contribution is -2.03. The van der Waals surface area contributed by atoms with Crippen molar-refractivity contribution in [1.29, 1.82) is 0 Å². The molecule has 2 N–H and O–H groups in total. The van der Waals surface area contributed by atoms with Gasteiger partial charge in [0, 0.05) is 23.8 Å². The Morgan fingerprint density at radius 3 is 2.95 bits per heavy atom. The van der Waals surface area contributed by atoms with Crippen molar-refractivity contribution in [3.05, 3.63) is 57.6 Å². The van der Waals surface area contributed by atoms with Gasteiger partial charge >= 0.3 is 0 Å². The maximum atomic E-state index is 6.14. The summed E-state index contributed by atoms with van der Waals surface area (Å²) in [6.45, 7) is 1.75. The second-order valence-electron chi connectivity index (χ2n) is 4.61. The molecule has 0 atom stereocenters. The minimum absolute atomic E-state index is 0.684. The molecule has 0 saturated heterocycles. The highest BCUT2D eigenvalue weighted by Gasteiger charge is 2.13. The number of fused-ring (bicyclic) bond motifs is 1. The van der Waals surface area contributed by atoms with Crippen LogP contribution in [0, 0.1) is 0 Å². The number of benzene rings is 2. The van der Waals surface area contributed by atoms with Gasteiger partial charge in [-0.2, -0.15) is 0 Å². The summed E-state index contributed by atoms with van der Waals surface area (Å²) in [5, 5.41) is 8.14. The molecule has 1 aliphatic rings. The highest BCUT2D eigenvalue weighted by Crippen LogP contribution is 2.29. The Morgan fingerprint density at radius 1 is 1.16 bits per heavy atom. The quantitative estimate of drug-likeness (QED) is 0.866. The summed E-state index contributed by atoms with van der Waals surface area (Å²) in [4.78, 5) is 0. The lowest BCUT2D eigenvalue weighted by atomic mass is 10.1. The molecule has 0 unspecified atom stereocenters. The average molecular weight is 293 g/mol. The van der Waals surface area contributed by atoms with Crippen LogP contribution in [0.5, 0.6) is 0 Å². The second-order valence-corrected chi connectivity index (χ2v) is 5.45. The Bertz CT molecular complexity index is 611. The number of hydrogen-bond acceptors (Lipinski definition) is 2. The van der Waals surface area contributed by atoms with Crippen molar-refractivity contribution in [1.82, 2.24) is 0 Å². The van der Waals surface area contributed by atoms with Crippen LogP contribution in [0.2, 0.25) is 10.0 Å². The van der Waals surface area contributed by atoms with Gasteiger partial charge in [0.1, 0.15) is 0 Å². The van der Waals surface area contributed by atoms with Gasteiger partial charge in [0.25, 0.3) is 0 Å². The number of nitrogens with one attached hydrogen (secondary N) is 2. The molecule has 98 valence electrons. The van der Waals surface area contributed by atoms with Crippen LogP contribution in [0.25, 0.3) is 0 Å². The fourth-order valence-electron chi connectivity index (χ4n) is 2.38. The Balaban J connectivity index is 1.80. The molecule has 19 heavy (non-hydrogen) atoms. The predicted molar refractivity (Wildman–Crippen MR) is 82.4 cm³/mol. The number of halogens is 2. The zero-order chi connectivity index (χ0) is 13.2. The van der Waals surface area contributed by atoms with Crippen LogP contribution in [0.15, 0.2) is 36.4 Å². The van der Waals surface area contributed by atoms with Crippen molar-refractivity contribution >= 4 is 34.6 Å². The van der Waals surface area contributed by atoms with Gasteiger partial charge in [-0.05, 0) is 35.7 Å². The van der Waals surface area contributed by atoms with E-state index < -0.39 is 0 Å². The molecule has 0 aromatic heterocycles. The second kappa shape index (κ2) is 5.32. The number of para-hydroxylation sites is 1. The van der Waals surface area contributed by atoms with Crippen LogP contribution in [0.4, 0.5) is 11.4 Å². The summed E-state index contributed by atoms with van der Waals surface area (Å²) >= 11 is 12.1. The fourth-order valence-corrected chi connectivity index (χ4v) is 2.74. The van der Waals surface area contributed by atoms with E-state index in [9.17, 15) is 0 Å². The summed E-state index contributed by atoms with van der Waals surface area (Å²) in [7, 11) is 0. The summed E-state index contributed by atoms with van der Waals surface area (Å²) in [5.74, 6) is 0. The summed E-state index contributed by atoms with van der Waals surface area (Å²) in [6.07, 6.45) is 1.10.